The third kappa shape index (κ3) is 1.08. The number of hydrogen-bond acceptors (Lipinski definition) is 3. The van der Waals surface area contributed by atoms with E-state index in [1.807, 2.05) is 0 Å². The maximum atomic E-state index is 10.6. The van der Waals surface area contributed by atoms with Gasteiger partial charge in [0.1, 0.15) is 13.2 Å². The van der Waals surface area contributed by atoms with Crippen molar-refractivity contribution in [3.63, 3.8) is 0 Å². The third-order valence-electron chi connectivity index (χ3n) is 1.20. The van der Waals surface area contributed by atoms with Gasteiger partial charge in [0.05, 0.1) is 0 Å². The quantitative estimate of drug-likeness (QED) is 0.394. The first-order chi connectivity index (χ1) is 4.22. The van der Waals surface area contributed by atoms with Crippen LogP contribution in [0.2, 0.25) is 0 Å². The second-order valence-electron chi connectivity index (χ2n) is 1.84. The molecule has 0 aromatic rings. The number of carbonyl (C=O) groups is 2. The van der Waals surface area contributed by atoms with Crippen molar-refractivity contribution in [2.45, 2.75) is 0 Å². The van der Waals surface area contributed by atoms with E-state index in [4.69, 9.17) is 0 Å². The Morgan fingerprint density at radius 3 is 2.11 bits per heavy atom. The van der Waals surface area contributed by atoms with Crippen LogP contribution in [-0.2, 0) is 14.3 Å². The van der Waals surface area contributed by atoms with Gasteiger partial charge in [-0.3, -0.25) is 14.5 Å². The Bertz CT molecular complexity index is 138. The lowest BCUT2D eigenvalue weighted by Gasteiger charge is -2.19. The topological polar surface area (TPSA) is 46.6 Å². The summed E-state index contributed by atoms with van der Waals surface area (Å²) < 4.78 is 4.62. The predicted octanol–water partition coefficient (Wildman–Crippen LogP) is -0.998. The zero-order valence-electron chi connectivity index (χ0n) is 5.09. The number of imide groups is 1. The average Bonchev–Trinajstić information content (AvgIpc) is 1.83. The van der Waals surface area contributed by atoms with E-state index in [1.54, 1.807) is 0 Å². The zero-order valence-corrected chi connectivity index (χ0v) is 5.09. The maximum absolute atomic E-state index is 10.6. The fourth-order valence-electron chi connectivity index (χ4n) is 0.558. The van der Waals surface area contributed by atoms with Crippen molar-refractivity contribution < 1.29 is 14.3 Å². The van der Waals surface area contributed by atoms with Crippen LogP contribution in [0.5, 0.6) is 0 Å². The van der Waals surface area contributed by atoms with Crippen LogP contribution in [0.15, 0.2) is 0 Å². The van der Waals surface area contributed by atoms with E-state index in [9.17, 15) is 9.59 Å². The van der Waals surface area contributed by atoms with Crippen LogP contribution in [0.25, 0.3) is 0 Å². The van der Waals surface area contributed by atoms with Crippen molar-refractivity contribution >= 4 is 11.8 Å². The second kappa shape index (κ2) is 2.14. The molecule has 0 bridgehead atoms. The fraction of sp³-hybridized carbons (Fsp3) is 0.600. The fourth-order valence-corrected chi connectivity index (χ4v) is 0.558. The normalized spacial score (nSPS) is 20.8. The molecule has 0 spiro atoms. The van der Waals surface area contributed by atoms with E-state index in [0.29, 0.717) is 0 Å². The SMILES string of the molecule is CN1C(=O)COCC1=O. The molecule has 9 heavy (non-hydrogen) atoms. The van der Waals surface area contributed by atoms with Gasteiger partial charge in [0, 0.05) is 7.05 Å². The standard InChI is InChI=1S/C5H7NO3/c1-6-4(7)2-9-3-5(6)8/h2-3H2,1H3. The van der Waals surface area contributed by atoms with Gasteiger partial charge in [0.25, 0.3) is 11.8 Å². The molecule has 0 unspecified atom stereocenters. The van der Waals surface area contributed by atoms with Crippen molar-refractivity contribution in [1.82, 2.24) is 4.90 Å². The van der Waals surface area contributed by atoms with E-state index in [-0.39, 0.29) is 25.0 Å². The predicted molar refractivity (Wildman–Crippen MR) is 28.6 cm³/mol. The molecule has 1 rings (SSSR count). The zero-order chi connectivity index (χ0) is 6.85. The van der Waals surface area contributed by atoms with E-state index in [1.165, 1.54) is 7.05 Å². The molecule has 0 radical (unpaired) electrons. The number of nitrogens with zero attached hydrogens (tertiary/aromatic N) is 1. The van der Waals surface area contributed by atoms with Crippen molar-refractivity contribution in [1.29, 1.82) is 0 Å². The van der Waals surface area contributed by atoms with Gasteiger partial charge in [-0.15, -0.1) is 0 Å². The molecule has 2 amide bonds. The molecule has 0 aromatic heterocycles. The minimum Gasteiger partial charge on any atom is -0.362 e. The Labute approximate surface area is 52.4 Å². The van der Waals surface area contributed by atoms with Crippen LogP contribution in [0.4, 0.5) is 0 Å². The Morgan fingerprint density at radius 1 is 1.33 bits per heavy atom. The number of hydrogen-bond donors (Lipinski definition) is 0. The molecule has 0 saturated carbocycles. The van der Waals surface area contributed by atoms with Crippen LogP contribution in [0, 0.1) is 0 Å². The average molecular weight is 129 g/mol. The van der Waals surface area contributed by atoms with Gasteiger partial charge in [-0.25, -0.2) is 0 Å². The molecule has 1 fully saturated rings. The van der Waals surface area contributed by atoms with Crippen LogP contribution >= 0.6 is 0 Å². The Balaban J connectivity index is 2.62. The van der Waals surface area contributed by atoms with Gasteiger partial charge in [-0.05, 0) is 0 Å². The summed E-state index contributed by atoms with van der Waals surface area (Å²) in [6.07, 6.45) is 0. The first-order valence-corrected chi connectivity index (χ1v) is 2.59. The van der Waals surface area contributed by atoms with Crippen molar-refractivity contribution in [3.8, 4) is 0 Å². The van der Waals surface area contributed by atoms with Crippen molar-refractivity contribution in [2.24, 2.45) is 0 Å². The van der Waals surface area contributed by atoms with Crippen molar-refractivity contribution in [2.75, 3.05) is 20.3 Å². The van der Waals surface area contributed by atoms with Gasteiger partial charge in [-0.1, -0.05) is 0 Å². The molecule has 4 nitrogen and oxygen atoms in total. The molecule has 1 heterocycles. The highest BCUT2D eigenvalue weighted by Gasteiger charge is 2.21. The molecule has 0 N–H and O–H groups in total. The Kier molecular flexibility index (Phi) is 1.48. The molecule has 1 saturated heterocycles. The second-order valence-corrected chi connectivity index (χ2v) is 1.84. The number of morpholine rings is 1. The summed E-state index contributed by atoms with van der Waals surface area (Å²) in [6, 6.07) is 0. The molecule has 0 aliphatic carbocycles. The summed E-state index contributed by atoms with van der Waals surface area (Å²) in [6.45, 7) is 0.0600. The monoisotopic (exact) mass is 129 g/mol. The molecule has 0 aromatic carbocycles. The van der Waals surface area contributed by atoms with Gasteiger partial charge in [0.2, 0.25) is 0 Å². The molecule has 0 atom stereocenters. The smallest absolute Gasteiger partial charge is 0.254 e. The van der Waals surface area contributed by atoms with E-state index < -0.39 is 0 Å². The number of ether oxygens (including phenoxy) is 1. The van der Waals surface area contributed by atoms with E-state index >= 15 is 0 Å². The van der Waals surface area contributed by atoms with Crippen LogP contribution in [-0.4, -0.2) is 37.0 Å². The van der Waals surface area contributed by atoms with E-state index in [2.05, 4.69) is 4.74 Å². The largest absolute Gasteiger partial charge is 0.362 e. The summed E-state index contributed by atoms with van der Waals surface area (Å²) in [5.41, 5.74) is 0. The lowest BCUT2D eigenvalue weighted by molar-refractivity contribution is -0.156. The third-order valence-corrected chi connectivity index (χ3v) is 1.20. The summed E-state index contributed by atoms with van der Waals surface area (Å²) >= 11 is 0. The maximum Gasteiger partial charge on any atom is 0.254 e. The first-order valence-electron chi connectivity index (χ1n) is 2.59. The first kappa shape index (κ1) is 6.22. The molecule has 50 valence electrons. The van der Waals surface area contributed by atoms with E-state index in [0.717, 1.165) is 4.90 Å². The molecule has 4 heteroatoms. The van der Waals surface area contributed by atoms with Crippen LogP contribution in [0.1, 0.15) is 0 Å². The number of likely N-dealkylation sites (N-methyl/N-ethyl adjacent to an activating group) is 1. The molecular weight excluding hydrogens is 122 g/mol. The molecule has 1 aliphatic rings. The summed E-state index contributed by atoms with van der Waals surface area (Å²) in [4.78, 5) is 22.2. The number of carbonyl (C=O) groups excluding carboxylic acids is 2. The summed E-state index contributed by atoms with van der Waals surface area (Å²) in [5, 5.41) is 0. The van der Waals surface area contributed by atoms with Gasteiger partial charge in [0.15, 0.2) is 0 Å². The van der Waals surface area contributed by atoms with Crippen molar-refractivity contribution in [3.05, 3.63) is 0 Å². The van der Waals surface area contributed by atoms with Crippen LogP contribution < -0.4 is 0 Å². The van der Waals surface area contributed by atoms with Gasteiger partial charge in [-0.2, -0.15) is 0 Å². The highest BCUT2D eigenvalue weighted by atomic mass is 16.5. The van der Waals surface area contributed by atoms with Crippen LogP contribution in [0.3, 0.4) is 0 Å². The number of rotatable bonds is 0. The molecule has 1 aliphatic heterocycles. The summed E-state index contributed by atoms with van der Waals surface area (Å²) in [7, 11) is 1.45. The lowest BCUT2D eigenvalue weighted by atomic mass is 10.4. The summed E-state index contributed by atoms with van der Waals surface area (Å²) in [5.74, 6) is -0.544. The molecular formula is C5H7NO3. The minimum absolute atomic E-state index is 0.0300. The van der Waals surface area contributed by atoms with Gasteiger partial charge >= 0.3 is 0 Å². The highest BCUT2D eigenvalue weighted by Crippen LogP contribution is 1.95. The Morgan fingerprint density at radius 2 is 1.78 bits per heavy atom. The van der Waals surface area contributed by atoms with Gasteiger partial charge < -0.3 is 4.74 Å². The lowest BCUT2D eigenvalue weighted by Crippen LogP contribution is -2.43. The highest BCUT2D eigenvalue weighted by molar-refractivity contribution is 5.97. The Hall–Kier alpha value is -0.900. The minimum atomic E-state index is -0.272. The number of amides is 2.